The highest BCUT2D eigenvalue weighted by molar-refractivity contribution is 5.84. The first kappa shape index (κ1) is 13.2. The zero-order chi connectivity index (χ0) is 12.8. The molecule has 4 nitrogen and oxygen atoms in total. The van der Waals surface area contributed by atoms with Crippen LogP contribution in [0, 0.1) is 20.8 Å². The summed E-state index contributed by atoms with van der Waals surface area (Å²) in [4.78, 5) is 11.0. The van der Waals surface area contributed by atoms with Crippen molar-refractivity contribution in [3.63, 3.8) is 0 Å². The summed E-state index contributed by atoms with van der Waals surface area (Å²) >= 11 is 0. The Balaban J connectivity index is 2.75. The van der Waals surface area contributed by atoms with Gasteiger partial charge >= 0.3 is 6.09 Å². The van der Waals surface area contributed by atoms with Crippen LogP contribution in [-0.4, -0.2) is 18.9 Å². The highest BCUT2D eigenvalue weighted by Crippen LogP contribution is 2.13. The van der Waals surface area contributed by atoms with Gasteiger partial charge in [-0.2, -0.15) is 5.10 Å². The minimum atomic E-state index is -0.536. The number of carbonyl (C=O) groups excluding carboxylic acids is 1. The smallest absolute Gasteiger partial charge is 0.427 e. The maximum atomic E-state index is 11.0. The van der Waals surface area contributed by atoms with Crippen LogP contribution < -0.4 is 5.43 Å². The van der Waals surface area contributed by atoms with Crippen LogP contribution in [0.4, 0.5) is 4.79 Å². The van der Waals surface area contributed by atoms with Crippen LogP contribution in [-0.2, 0) is 4.74 Å². The summed E-state index contributed by atoms with van der Waals surface area (Å²) in [7, 11) is 0. The number of hydrogen-bond donors (Lipinski definition) is 1. The predicted octanol–water partition coefficient (Wildman–Crippen LogP) is 2.69. The van der Waals surface area contributed by atoms with Crippen LogP contribution in [0.2, 0.25) is 0 Å². The van der Waals surface area contributed by atoms with Gasteiger partial charge in [-0.3, -0.25) is 0 Å². The third-order valence-corrected chi connectivity index (χ3v) is 2.36. The standard InChI is InChI=1S/C13H18N2O2/c1-5-17-13(16)15-14-8-12-10(3)6-9(2)7-11(12)4/h6-8H,5H2,1-4H3,(H,15,16). The van der Waals surface area contributed by atoms with Crippen molar-refractivity contribution in [2.45, 2.75) is 27.7 Å². The average molecular weight is 234 g/mol. The third kappa shape index (κ3) is 3.90. The van der Waals surface area contributed by atoms with E-state index >= 15 is 0 Å². The molecule has 1 rings (SSSR count). The first-order valence-corrected chi connectivity index (χ1v) is 5.58. The molecule has 1 amide bonds. The molecule has 0 fully saturated rings. The van der Waals surface area contributed by atoms with E-state index in [0.717, 1.165) is 16.7 Å². The fourth-order valence-electron chi connectivity index (χ4n) is 1.71. The zero-order valence-electron chi connectivity index (χ0n) is 10.7. The van der Waals surface area contributed by atoms with Gasteiger partial charge in [-0.05, 0) is 38.8 Å². The summed E-state index contributed by atoms with van der Waals surface area (Å²) in [5.74, 6) is 0. The molecule has 4 heteroatoms. The first-order valence-electron chi connectivity index (χ1n) is 5.58. The zero-order valence-corrected chi connectivity index (χ0v) is 10.7. The first-order chi connectivity index (χ1) is 8.04. The Kier molecular flexibility index (Phi) is 4.69. The van der Waals surface area contributed by atoms with Crippen LogP contribution >= 0.6 is 0 Å². The second kappa shape index (κ2) is 6.03. The normalized spacial score (nSPS) is 10.6. The number of amides is 1. The second-order valence-corrected chi connectivity index (χ2v) is 3.90. The number of nitrogens with one attached hydrogen (secondary N) is 1. The highest BCUT2D eigenvalue weighted by atomic mass is 16.5. The number of rotatable bonds is 3. The van der Waals surface area contributed by atoms with Crippen LogP contribution in [0.1, 0.15) is 29.2 Å². The van der Waals surface area contributed by atoms with Crippen molar-refractivity contribution < 1.29 is 9.53 Å². The molecule has 0 saturated heterocycles. The minimum Gasteiger partial charge on any atom is -0.449 e. The molecule has 92 valence electrons. The van der Waals surface area contributed by atoms with Crippen molar-refractivity contribution in [2.24, 2.45) is 5.10 Å². The molecule has 0 aliphatic heterocycles. The number of benzene rings is 1. The molecule has 0 aromatic heterocycles. The number of hydrogen-bond acceptors (Lipinski definition) is 3. The van der Waals surface area contributed by atoms with Crippen molar-refractivity contribution in [2.75, 3.05) is 6.61 Å². The molecule has 0 atom stereocenters. The highest BCUT2D eigenvalue weighted by Gasteiger charge is 2.01. The van der Waals surface area contributed by atoms with Gasteiger partial charge in [0.15, 0.2) is 0 Å². The van der Waals surface area contributed by atoms with Crippen molar-refractivity contribution in [3.8, 4) is 0 Å². The van der Waals surface area contributed by atoms with Crippen molar-refractivity contribution >= 4 is 12.3 Å². The fraction of sp³-hybridized carbons (Fsp3) is 0.385. The Hall–Kier alpha value is -1.84. The maximum Gasteiger partial charge on any atom is 0.427 e. The van der Waals surface area contributed by atoms with Gasteiger partial charge in [0.05, 0.1) is 12.8 Å². The van der Waals surface area contributed by atoms with Gasteiger partial charge in [0.1, 0.15) is 0 Å². The molecule has 17 heavy (non-hydrogen) atoms. The average Bonchev–Trinajstić information content (AvgIpc) is 2.22. The van der Waals surface area contributed by atoms with Crippen LogP contribution in [0.3, 0.4) is 0 Å². The van der Waals surface area contributed by atoms with E-state index in [0.29, 0.717) is 6.61 Å². The van der Waals surface area contributed by atoms with E-state index in [4.69, 9.17) is 4.74 Å². The topological polar surface area (TPSA) is 50.7 Å². The van der Waals surface area contributed by atoms with Crippen LogP contribution in [0.25, 0.3) is 0 Å². The Morgan fingerprint density at radius 2 is 1.94 bits per heavy atom. The van der Waals surface area contributed by atoms with Crippen molar-refractivity contribution in [3.05, 3.63) is 34.4 Å². The Morgan fingerprint density at radius 3 is 2.47 bits per heavy atom. The molecule has 0 saturated carbocycles. The van der Waals surface area contributed by atoms with E-state index in [1.165, 1.54) is 5.56 Å². The number of ether oxygens (including phenoxy) is 1. The summed E-state index contributed by atoms with van der Waals surface area (Å²) in [5.41, 5.74) is 6.82. The Labute approximate surface area is 102 Å². The Bertz CT molecular complexity index is 416. The number of nitrogens with zero attached hydrogens (tertiary/aromatic N) is 1. The number of aryl methyl sites for hydroxylation is 3. The summed E-state index contributed by atoms with van der Waals surface area (Å²) in [6.45, 7) is 8.18. The minimum absolute atomic E-state index is 0.337. The quantitative estimate of drug-likeness (QED) is 0.645. The molecule has 0 radical (unpaired) electrons. The number of carbonyl (C=O) groups is 1. The Morgan fingerprint density at radius 1 is 1.35 bits per heavy atom. The summed E-state index contributed by atoms with van der Waals surface area (Å²) in [5, 5.41) is 3.86. The predicted molar refractivity (Wildman–Crippen MR) is 68.4 cm³/mol. The lowest BCUT2D eigenvalue weighted by Gasteiger charge is -2.06. The lowest BCUT2D eigenvalue weighted by atomic mass is 10.0. The number of hydrazone groups is 1. The fourth-order valence-corrected chi connectivity index (χ4v) is 1.71. The van der Waals surface area contributed by atoms with E-state index in [1.807, 2.05) is 13.8 Å². The van der Waals surface area contributed by atoms with E-state index in [2.05, 4.69) is 29.6 Å². The lowest BCUT2D eigenvalue weighted by molar-refractivity contribution is 0.152. The molecule has 1 aromatic rings. The maximum absolute atomic E-state index is 11.0. The summed E-state index contributed by atoms with van der Waals surface area (Å²) in [6.07, 6.45) is 1.10. The molecular formula is C13H18N2O2. The van der Waals surface area contributed by atoms with Gasteiger partial charge in [0.25, 0.3) is 0 Å². The van der Waals surface area contributed by atoms with Gasteiger partial charge in [0.2, 0.25) is 0 Å². The largest absolute Gasteiger partial charge is 0.449 e. The van der Waals surface area contributed by atoms with Crippen molar-refractivity contribution in [1.82, 2.24) is 5.43 Å². The van der Waals surface area contributed by atoms with E-state index < -0.39 is 6.09 Å². The van der Waals surface area contributed by atoms with Crippen LogP contribution in [0.15, 0.2) is 17.2 Å². The van der Waals surface area contributed by atoms with Gasteiger partial charge in [-0.25, -0.2) is 10.2 Å². The van der Waals surface area contributed by atoms with Gasteiger partial charge in [-0.15, -0.1) is 0 Å². The summed E-state index contributed by atoms with van der Waals surface area (Å²) in [6, 6.07) is 4.16. The van der Waals surface area contributed by atoms with E-state index in [9.17, 15) is 4.79 Å². The molecule has 0 unspecified atom stereocenters. The van der Waals surface area contributed by atoms with Crippen LogP contribution in [0.5, 0.6) is 0 Å². The monoisotopic (exact) mass is 234 g/mol. The summed E-state index contributed by atoms with van der Waals surface area (Å²) < 4.78 is 4.70. The molecule has 0 aliphatic rings. The van der Waals surface area contributed by atoms with Gasteiger partial charge in [0, 0.05) is 5.56 Å². The van der Waals surface area contributed by atoms with E-state index in [-0.39, 0.29) is 0 Å². The van der Waals surface area contributed by atoms with E-state index in [1.54, 1.807) is 13.1 Å². The molecule has 1 N–H and O–H groups in total. The molecule has 0 bridgehead atoms. The SMILES string of the molecule is CCOC(=O)NN=Cc1c(C)cc(C)cc1C. The molecular weight excluding hydrogens is 216 g/mol. The lowest BCUT2D eigenvalue weighted by Crippen LogP contribution is -2.18. The molecule has 0 aliphatic carbocycles. The molecule has 0 heterocycles. The van der Waals surface area contributed by atoms with Gasteiger partial charge in [-0.1, -0.05) is 17.7 Å². The van der Waals surface area contributed by atoms with Gasteiger partial charge < -0.3 is 4.74 Å². The second-order valence-electron chi connectivity index (χ2n) is 3.90. The third-order valence-electron chi connectivity index (χ3n) is 2.36. The molecule has 1 aromatic carbocycles. The van der Waals surface area contributed by atoms with Crippen molar-refractivity contribution in [1.29, 1.82) is 0 Å². The molecule has 0 spiro atoms.